The lowest BCUT2D eigenvalue weighted by molar-refractivity contribution is -0.177. The number of carboxylic acids is 1. The first-order chi connectivity index (χ1) is 8.24. The zero-order valence-electron chi connectivity index (χ0n) is 11.7. The summed E-state index contributed by atoms with van der Waals surface area (Å²) < 4.78 is 5.30. The van der Waals surface area contributed by atoms with E-state index in [1.807, 2.05) is 6.92 Å². The molecule has 0 aromatic heterocycles. The largest absolute Gasteiger partial charge is 0.479 e. The molecule has 104 valence electrons. The Morgan fingerprint density at radius 1 is 1.39 bits per heavy atom. The van der Waals surface area contributed by atoms with E-state index in [-0.39, 0.29) is 0 Å². The van der Waals surface area contributed by atoms with Crippen molar-refractivity contribution in [2.45, 2.75) is 58.1 Å². The molecule has 1 rings (SSSR count). The highest BCUT2D eigenvalue weighted by atomic mass is 16.6. The Hall–Kier alpha value is -1.10. The van der Waals surface area contributed by atoms with Gasteiger partial charge in [-0.05, 0) is 53.1 Å². The molecule has 1 saturated heterocycles. The Bertz CT molecular complexity index is 334. The molecule has 0 bridgehead atoms. The molecule has 0 unspecified atom stereocenters. The number of hydrogen-bond donors (Lipinski definition) is 1. The molecule has 1 atom stereocenters. The molecular weight excluding hydrogens is 234 g/mol. The van der Waals surface area contributed by atoms with Crippen LogP contribution in [0.3, 0.4) is 0 Å². The summed E-state index contributed by atoms with van der Waals surface area (Å²) in [7, 11) is 0. The molecule has 1 N–H and O–H groups in total. The fraction of sp³-hybridized carbons (Fsp3) is 0.846. The molecule has 0 spiro atoms. The molecule has 0 saturated carbocycles. The number of ether oxygens (including phenoxy) is 1. The third-order valence-electron chi connectivity index (χ3n) is 3.09. The normalized spacial score (nSPS) is 25.1. The zero-order valence-corrected chi connectivity index (χ0v) is 11.7. The Kier molecular flexibility index (Phi) is 4.37. The van der Waals surface area contributed by atoms with Crippen LogP contribution in [-0.4, -0.2) is 46.2 Å². The summed E-state index contributed by atoms with van der Waals surface area (Å²) in [5, 5.41) is 9.49. The fourth-order valence-corrected chi connectivity index (χ4v) is 2.37. The van der Waals surface area contributed by atoms with Gasteiger partial charge in [-0.1, -0.05) is 6.92 Å². The molecule has 18 heavy (non-hydrogen) atoms. The van der Waals surface area contributed by atoms with Crippen LogP contribution in [0.15, 0.2) is 0 Å². The zero-order chi connectivity index (χ0) is 14.0. The van der Waals surface area contributed by atoms with Gasteiger partial charge >= 0.3 is 11.9 Å². The minimum atomic E-state index is -1.48. The SMILES string of the molecule is CCCN1CCC[C@@]1(C(=O)O)C(=O)OC(C)(C)C. The van der Waals surface area contributed by atoms with Crippen molar-refractivity contribution in [1.82, 2.24) is 4.90 Å². The van der Waals surface area contributed by atoms with Crippen LogP contribution in [0.4, 0.5) is 0 Å². The number of carboxylic acid groups (broad SMARTS) is 1. The van der Waals surface area contributed by atoms with Gasteiger partial charge in [-0.25, -0.2) is 9.59 Å². The average Bonchev–Trinajstić information content (AvgIpc) is 2.60. The highest BCUT2D eigenvalue weighted by Crippen LogP contribution is 2.32. The molecule has 1 aliphatic heterocycles. The number of likely N-dealkylation sites (tertiary alicyclic amines) is 1. The lowest BCUT2D eigenvalue weighted by Gasteiger charge is -2.34. The molecule has 0 aromatic rings. The van der Waals surface area contributed by atoms with Crippen molar-refractivity contribution < 1.29 is 19.4 Å². The summed E-state index contributed by atoms with van der Waals surface area (Å²) in [4.78, 5) is 25.6. The van der Waals surface area contributed by atoms with Crippen LogP contribution in [0.25, 0.3) is 0 Å². The van der Waals surface area contributed by atoms with Crippen LogP contribution in [0.1, 0.15) is 47.0 Å². The Morgan fingerprint density at radius 3 is 2.44 bits per heavy atom. The first-order valence-electron chi connectivity index (χ1n) is 6.46. The van der Waals surface area contributed by atoms with E-state index in [0.29, 0.717) is 25.9 Å². The standard InChI is InChI=1S/C13H23NO4/c1-5-8-14-9-6-7-13(14,10(15)16)11(17)18-12(2,3)4/h5-9H2,1-4H3,(H,15,16)/t13-/m1/s1. The minimum Gasteiger partial charge on any atom is -0.479 e. The number of hydrogen-bond acceptors (Lipinski definition) is 4. The maximum atomic E-state index is 12.3. The summed E-state index contributed by atoms with van der Waals surface area (Å²) in [6.07, 6.45) is 1.86. The van der Waals surface area contributed by atoms with Crippen LogP contribution >= 0.6 is 0 Å². The van der Waals surface area contributed by atoms with Crippen molar-refractivity contribution in [1.29, 1.82) is 0 Å². The van der Waals surface area contributed by atoms with Gasteiger partial charge in [-0.15, -0.1) is 0 Å². The van der Waals surface area contributed by atoms with Crippen molar-refractivity contribution >= 4 is 11.9 Å². The third kappa shape index (κ3) is 2.83. The molecule has 0 radical (unpaired) electrons. The average molecular weight is 257 g/mol. The first kappa shape index (κ1) is 15.0. The first-order valence-corrected chi connectivity index (χ1v) is 6.46. The van der Waals surface area contributed by atoms with Crippen LogP contribution in [0, 0.1) is 0 Å². The van der Waals surface area contributed by atoms with Gasteiger partial charge in [0.25, 0.3) is 0 Å². The van der Waals surface area contributed by atoms with Gasteiger partial charge in [0, 0.05) is 0 Å². The number of rotatable bonds is 4. The maximum absolute atomic E-state index is 12.3. The van der Waals surface area contributed by atoms with Gasteiger partial charge in [0.2, 0.25) is 5.54 Å². The summed E-state index contributed by atoms with van der Waals surface area (Å²) in [5.74, 6) is -1.73. The van der Waals surface area contributed by atoms with Crippen LogP contribution in [0.2, 0.25) is 0 Å². The van der Waals surface area contributed by atoms with E-state index in [4.69, 9.17) is 4.74 Å². The molecule has 5 nitrogen and oxygen atoms in total. The smallest absolute Gasteiger partial charge is 0.338 e. The number of esters is 1. The number of nitrogens with zero attached hydrogens (tertiary/aromatic N) is 1. The van der Waals surface area contributed by atoms with Gasteiger partial charge in [0.05, 0.1) is 0 Å². The summed E-state index contributed by atoms with van der Waals surface area (Å²) in [5.41, 5.74) is -2.15. The van der Waals surface area contributed by atoms with Crippen molar-refractivity contribution in [3.8, 4) is 0 Å². The van der Waals surface area contributed by atoms with Crippen molar-refractivity contribution in [2.75, 3.05) is 13.1 Å². The van der Waals surface area contributed by atoms with Gasteiger partial charge < -0.3 is 9.84 Å². The second-order valence-corrected chi connectivity index (χ2v) is 5.76. The topological polar surface area (TPSA) is 66.8 Å². The summed E-state index contributed by atoms with van der Waals surface area (Å²) in [6.45, 7) is 8.46. The van der Waals surface area contributed by atoms with Crippen LogP contribution in [-0.2, 0) is 14.3 Å². The molecule has 5 heteroatoms. The van der Waals surface area contributed by atoms with Crippen molar-refractivity contribution in [2.24, 2.45) is 0 Å². The highest BCUT2D eigenvalue weighted by Gasteiger charge is 2.55. The second-order valence-electron chi connectivity index (χ2n) is 5.76. The van der Waals surface area contributed by atoms with Crippen LogP contribution in [0.5, 0.6) is 0 Å². The quantitative estimate of drug-likeness (QED) is 0.613. The fourth-order valence-electron chi connectivity index (χ4n) is 2.37. The predicted octanol–water partition coefficient (Wildman–Crippen LogP) is 1.66. The van der Waals surface area contributed by atoms with Gasteiger partial charge in [-0.3, -0.25) is 4.90 Å². The number of carbonyl (C=O) groups is 2. The number of aliphatic carboxylic acids is 1. The Balaban J connectivity index is 3.00. The van der Waals surface area contributed by atoms with Gasteiger partial charge in [0.1, 0.15) is 5.60 Å². The molecular formula is C13H23NO4. The van der Waals surface area contributed by atoms with Crippen molar-refractivity contribution in [3.05, 3.63) is 0 Å². The molecule has 1 fully saturated rings. The summed E-state index contributed by atoms with van der Waals surface area (Å²) >= 11 is 0. The van der Waals surface area contributed by atoms with E-state index in [2.05, 4.69) is 0 Å². The van der Waals surface area contributed by atoms with E-state index in [1.165, 1.54) is 0 Å². The lowest BCUT2D eigenvalue weighted by Crippen LogP contribution is -2.58. The van der Waals surface area contributed by atoms with Gasteiger partial charge in [0.15, 0.2) is 0 Å². The summed E-state index contributed by atoms with van der Waals surface area (Å²) in [6, 6.07) is 0. The molecule has 1 heterocycles. The molecule has 0 aromatic carbocycles. The van der Waals surface area contributed by atoms with Crippen LogP contribution < -0.4 is 0 Å². The van der Waals surface area contributed by atoms with E-state index in [9.17, 15) is 14.7 Å². The second kappa shape index (κ2) is 5.26. The van der Waals surface area contributed by atoms with Crippen molar-refractivity contribution in [3.63, 3.8) is 0 Å². The molecule has 0 amide bonds. The Labute approximate surface area is 108 Å². The van der Waals surface area contributed by atoms with E-state index < -0.39 is 23.1 Å². The number of carbonyl (C=O) groups excluding carboxylic acids is 1. The third-order valence-corrected chi connectivity index (χ3v) is 3.09. The highest BCUT2D eigenvalue weighted by molar-refractivity contribution is 6.04. The van der Waals surface area contributed by atoms with Gasteiger partial charge in [-0.2, -0.15) is 0 Å². The molecule has 0 aliphatic carbocycles. The monoisotopic (exact) mass is 257 g/mol. The minimum absolute atomic E-state index is 0.331. The van der Waals surface area contributed by atoms with E-state index >= 15 is 0 Å². The van der Waals surface area contributed by atoms with E-state index in [1.54, 1.807) is 25.7 Å². The maximum Gasteiger partial charge on any atom is 0.338 e. The molecule has 1 aliphatic rings. The predicted molar refractivity (Wildman–Crippen MR) is 67.3 cm³/mol. The van der Waals surface area contributed by atoms with E-state index in [0.717, 1.165) is 6.42 Å². The Morgan fingerprint density at radius 2 is 2.00 bits per heavy atom. The lowest BCUT2D eigenvalue weighted by atomic mass is 9.95.